The summed E-state index contributed by atoms with van der Waals surface area (Å²) in [5, 5.41) is 0. The molecule has 2 aromatic rings. The van der Waals surface area contributed by atoms with Gasteiger partial charge in [-0.15, -0.1) is 0 Å². The molecule has 1 spiro atoms. The van der Waals surface area contributed by atoms with Gasteiger partial charge in [0.05, 0.1) is 4.90 Å². The molecule has 0 saturated carbocycles. The Morgan fingerprint density at radius 2 is 1.79 bits per heavy atom. The minimum atomic E-state index is -3.68. The Hall–Kier alpha value is -2.24. The van der Waals surface area contributed by atoms with E-state index in [2.05, 4.69) is 6.08 Å². The van der Waals surface area contributed by atoms with Crippen LogP contribution in [0.2, 0.25) is 0 Å². The van der Waals surface area contributed by atoms with Crippen molar-refractivity contribution in [2.75, 3.05) is 13.1 Å². The van der Waals surface area contributed by atoms with Gasteiger partial charge in [0, 0.05) is 24.1 Å². The third-order valence-electron chi connectivity index (χ3n) is 5.78. The molecule has 2 aromatic carbocycles. The van der Waals surface area contributed by atoms with Crippen molar-refractivity contribution in [2.45, 2.75) is 31.1 Å². The minimum Gasteiger partial charge on any atom is -0.207 e. The third kappa shape index (κ3) is 3.33. The fourth-order valence-corrected chi connectivity index (χ4v) is 5.66. The van der Waals surface area contributed by atoms with Crippen LogP contribution in [0.5, 0.6) is 0 Å². The predicted molar refractivity (Wildman–Crippen MR) is 110 cm³/mol. The molecule has 146 valence electrons. The lowest BCUT2D eigenvalue weighted by molar-refractivity contribution is 0.370. The van der Waals surface area contributed by atoms with Gasteiger partial charge >= 0.3 is 0 Å². The van der Waals surface area contributed by atoms with Gasteiger partial charge in [-0.3, -0.25) is 0 Å². The molecular weight excluding hydrogens is 373 g/mol. The largest absolute Gasteiger partial charge is 0.243 e. The monoisotopic (exact) mass is 397 g/mol. The Balaban J connectivity index is 1.78. The number of hydrogen-bond donors (Lipinski definition) is 0. The van der Waals surface area contributed by atoms with Crippen molar-refractivity contribution in [1.82, 2.24) is 4.31 Å². The molecule has 0 bridgehead atoms. The van der Waals surface area contributed by atoms with E-state index < -0.39 is 15.4 Å². The first-order valence-corrected chi connectivity index (χ1v) is 11.1. The molecule has 1 aliphatic carbocycles. The number of aryl methyl sites for hydroxylation is 1. The Labute approximate surface area is 166 Å². The van der Waals surface area contributed by atoms with Crippen LogP contribution in [0.15, 0.2) is 77.2 Å². The van der Waals surface area contributed by atoms with E-state index in [1.165, 1.54) is 4.31 Å². The zero-order valence-electron chi connectivity index (χ0n) is 15.9. The van der Waals surface area contributed by atoms with Crippen LogP contribution in [0.4, 0.5) is 4.39 Å². The van der Waals surface area contributed by atoms with Crippen LogP contribution in [-0.2, 0) is 10.0 Å². The molecule has 0 aromatic heterocycles. The molecule has 1 heterocycles. The third-order valence-corrected chi connectivity index (χ3v) is 7.58. The second-order valence-corrected chi connectivity index (χ2v) is 9.63. The van der Waals surface area contributed by atoms with Crippen LogP contribution in [0.3, 0.4) is 0 Å². The highest BCUT2D eigenvalue weighted by molar-refractivity contribution is 7.89. The van der Waals surface area contributed by atoms with Gasteiger partial charge in [-0.1, -0.05) is 60.2 Å². The molecule has 1 atom stereocenters. The second-order valence-electron chi connectivity index (χ2n) is 7.70. The molecule has 4 rings (SSSR count). The lowest BCUT2D eigenvalue weighted by Gasteiger charge is -2.30. The first kappa shape index (κ1) is 19.1. The highest BCUT2D eigenvalue weighted by Gasteiger charge is 2.47. The van der Waals surface area contributed by atoms with E-state index in [1.807, 2.05) is 19.1 Å². The van der Waals surface area contributed by atoms with Gasteiger partial charge < -0.3 is 0 Å². The summed E-state index contributed by atoms with van der Waals surface area (Å²) in [7, 11) is -3.68. The standard InChI is InChI=1S/C23H24FNO2S/c1-18-10-12-20(13-11-18)28(26,27)25-16-21(22(24)19-8-4-2-5-9-19)23(17-25)14-6-3-7-15-23/h2,4-6,8-14H,3,7,15-17H2,1H3/b22-21+. The number of sulfonamides is 1. The molecule has 5 heteroatoms. The Bertz CT molecular complexity index is 1030. The molecule has 1 aliphatic heterocycles. The summed E-state index contributed by atoms with van der Waals surface area (Å²) in [5.41, 5.74) is 1.52. The zero-order chi connectivity index (χ0) is 19.8. The average molecular weight is 398 g/mol. The van der Waals surface area contributed by atoms with Crippen molar-refractivity contribution in [3.05, 3.63) is 83.4 Å². The average Bonchev–Trinajstić information content (AvgIpc) is 3.08. The fraction of sp³-hybridized carbons (Fsp3) is 0.304. The highest BCUT2D eigenvalue weighted by atomic mass is 32.2. The van der Waals surface area contributed by atoms with Crippen LogP contribution >= 0.6 is 0 Å². The quantitative estimate of drug-likeness (QED) is 0.675. The normalized spacial score (nSPS) is 24.6. The molecule has 1 fully saturated rings. The molecular formula is C23H24FNO2S. The lowest BCUT2D eigenvalue weighted by atomic mass is 9.74. The van der Waals surface area contributed by atoms with E-state index in [1.54, 1.807) is 48.5 Å². The van der Waals surface area contributed by atoms with Crippen molar-refractivity contribution in [1.29, 1.82) is 0 Å². The second kappa shape index (κ2) is 7.30. The van der Waals surface area contributed by atoms with Crippen LogP contribution < -0.4 is 0 Å². The topological polar surface area (TPSA) is 37.4 Å². The summed E-state index contributed by atoms with van der Waals surface area (Å²) in [6.07, 6.45) is 6.73. The maximum Gasteiger partial charge on any atom is 0.243 e. The summed E-state index contributed by atoms with van der Waals surface area (Å²) >= 11 is 0. The van der Waals surface area contributed by atoms with Crippen LogP contribution in [0, 0.1) is 12.3 Å². The highest BCUT2D eigenvalue weighted by Crippen LogP contribution is 2.48. The smallest absolute Gasteiger partial charge is 0.207 e. The first-order valence-electron chi connectivity index (χ1n) is 9.61. The Kier molecular flexibility index (Phi) is 4.98. The van der Waals surface area contributed by atoms with Crippen molar-refractivity contribution in [3.8, 4) is 0 Å². The number of allylic oxidation sites excluding steroid dienone is 1. The number of hydrogen-bond acceptors (Lipinski definition) is 2. The molecule has 0 N–H and O–H groups in total. The van der Waals surface area contributed by atoms with E-state index >= 15 is 4.39 Å². The first-order chi connectivity index (χ1) is 13.4. The summed E-state index contributed by atoms with van der Waals surface area (Å²) in [4.78, 5) is 0.259. The Morgan fingerprint density at radius 3 is 2.43 bits per heavy atom. The van der Waals surface area contributed by atoms with Crippen LogP contribution in [0.1, 0.15) is 30.4 Å². The van der Waals surface area contributed by atoms with E-state index in [0.717, 1.165) is 24.8 Å². The van der Waals surface area contributed by atoms with Crippen molar-refractivity contribution in [3.63, 3.8) is 0 Å². The lowest BCUT2D eigenvalue weighted by Crippen LogP contribution is -2.32. The van der Waals surface area contributed by atoms with E-state index in [9.17, 15) is 8.42 Å². The molecule has 3 nitrogen and oxygen atoms in total. The summed E-state index contributed by atoms with van der Waals surface area (Å²) < 4.78 is 43.4. The summed E-state index contributed by atoms with van der Waals surface area (Å²) in [5.74, 6) is -0.297. The van der Waals surface area contributed by atoms with E-state index in [0.29, 0.717) is 11.1 Å². The summed E-state index contributed by atoms with van der Waals surface area (Å²) in [6.45, 7) is 2.29. The van der Waals surface area contributed by atoms with Crippen molar-refractivity contribution < 1.29 is 12.8 Å². The summed E-state index contributed by atoms with van der Waals surface area (Å²) in [6, 6.07) is 15.8. The van der Waals surface area contributed by atoms with Crippen LogP contribution in [-0.4, -0.2) is 25.8 Å². The van der Waals surface area contributed by atoms with Gasteiger partial charge in [0.25, 0.3) is 0 Å². The molecule has 2 aliphatic rings. The van der Waals surface area contributed by atoms with Gasteiger partial charge in [0.2, 0.25) is 10.0 Å². The molecule has 0 radical (unpaired) electrons. The Morgan fingerprint density at radius 1 is 1.07 bits per heavy atom. The molecule has 1 saturated heterocycles. The van der Waals surface area contributed by atoms with Gasteiger partial charge in [-0.25, -0.2) is 12.8 Å². The van der Waals surface area contributed by atoms with Crippen molar-refractivity contribution in [2.24, 2.45) is 5.41 Å². The number of benzene rings is 2. The molecule has 28 heavy (non-hydrogen) atoms. The molecule has 1 unspecified atom stereocenters. The van der Waals surface area contributed by atoms with E-state index in [4.69, 9.17) is 0 Å². The van der Waals surface area contributed by atoms with E-state index in [-0.39, 0.29) is 23.8 Å². The number of nitrogens with zero attached hydrogens (tertiary/aromatic N) is 1. The van der Waals surface area contributed by atoms with Gasteiger partial charge in [0.15, 0.2) is 0 Å². The predicted octanol–water partition coefficient (Wildman–Crippen LogP) is 5.11. The minimum absolute atomic E-state index is 0.0846. The number of rotatable bonds is 3. The zero-order valence-corrected chi connectivity index (χ0v) is 16.8. The SMILES string of the molecule is Cc1ccc(S(=O)(=O)N2C/C(=C(\F)c3ccccc3)C3(C=CCCC3)C2)cc1. The maximum atomic E-state index is 15.5. The van der Waals surface area contributed by atoms with Gasteiger partial charge in [-0.05, 0) is 43.9 Å². The van der Waals surface area contributed by atoms with Gasteiger partial charge in [0.1, 0.15) is 5.83 Å². The molecule has 0 amide bonds. The van der Waals surface area contributed by atoms with Crippen LogP contribution in [0.25, 0.3) is 5.83 Å². The maximum absolute atomic E-state index is 15.5. The van der Waals surface area contributed by atoms with Gasteiger partial charge in [-0.2, -0.15) is 4.31 Å². The fourth-order valence-electron chi connectivity index (χ4n) is 4.19. The van der Waals surface area contributed by atoms with Crippen molar-refractivity contribution >= 4 is 15.9 Å². The number of halogens is 1.